The van der Waals surface area contributed by atoms with Crippen LogP contribution in [0, 0.1) is 10.1 Å². The Bertz CT molecular complexity index is 919. The summed E-state index contributed by atoms with van der Waals surface area (Å²) < 4.78 is 1.78. The van der Waals surface area contributed by atoms with Gasteiger partial charge >= 0.3 is 0 Å². The summed E-state index contributed by atoms with van der Waals surface area (Å²) in [7, 11) is 10.0. The Kier molecular flexibility index (Phi) is 6.69. The summed E-state index contributed by atoms with van der Waals surface area (Å²) in [6.45, 7) is 0. The number of nitro groups is 1. The van der Waals surface area contributed by atoms with Crippen molar-refractivity contribution < 1.29 is 4.92 Å². The van der Waals surface area contributed by atoms with Crippen LogP contribution in [-0.4, -0.2) is 57.7 Å². The molecule has 0 aliphatic carbocycles. The van der Waals surface area contributed by atoms with Crippen LogP contribution in [0.5, 0.6) is 0 Å². The lowest BCUT2D eigenvalue weighted by Crippen LogP contribution is -2.29. The van der Waals surface area contributed by atoms with Crippen LogP contribution in [-0.2, 0) is 0 Å². The van der Waals surface area contributed by atoms with E-state index in [9.17, 15) is 10.1 Å². The largest absolute Gasteiger partial charge is 0.353 e. The first-order valence-corrected chi connectivity index (χ1v) is 10.2. The number of nitro benzene ring substituents is 1. The number of thiocarbonyl (C=S) groups is 2. The molecule has 0 bridgehead atoms. The summed E-state index contributed by atoms with van der Waals surface area (Å²) in [6, 6.07) is 6.17. The van der Waals surface area contributed by atoms with E-state index in [2.05, 4.69) is 9.98 Å². The smallest absolute Gasteiger partial charge is 0.269 e. The molecule has 2 aromatic rings. The Morgan fingerprint density at radius 1 is 1.00 bits per heavy atom. The van der Waals surface area contributed by atoms with Crippen molar-refractivity contribution in [3.63, 3.8) is 0 Å². The molecule has 0 radical (unpaired) electrons. The Morgan fingerprint density at radius 3 is 1.77 bits per heavy atom. The van der Waals surface area contributed by atoms with Gasteiger partial charge in [0.05, 0.1) is 10.6 Å². The molecule has 0 aliphatic heterocycles. The molecule has 2 rings (SSSR count). The molecule has 0 saturated carbocycles. The van der Waals surface area contributed by atoms with Gasteiger partial charge in [0.25, 0.3) is 5.69 Å². The third-order valence-electron chi connectivity index (χ3n) is 3.04. The third-order valence-corrected chi connectivity index (χ3v) is 6.03. The summed E-state index contributed by atoms with van der Waals surface area (Å²) in [6.07, 6.45) is 0. The molecule has 0 N–H and O–H groups in total. The highest BCUT2D eigenvalue weighted by Gasteiger charge is 2.10. The lowest BCUT2D eigenvalue weighted by atomic mass is 10.3. The van der Waals surface area contributed by atoms with Crippen molar-refractivity contribution in [1.29, 1.82) is 0 Å². The second-order valence-corrected chi connectivity index (χ2v) is 8.21. The number of nitrogens with zero attached hydrogens (tertiary/aromatic N) is 6. The molecular weight excluding hydrogens is 412 g/mol. The van der Waals surface area contributed by atoms with Gasteiger partial charge in [-0.05, 0) is 57.2 Å². The van der Waals surface area contributed by atoms with Crippen molar-refractivity contribution in [1.82, 2.24) is 14.4 Å². The van der Waals surface area contributed by atoms with Crippen molar-refractivity contribution in [3.8, 4) is 5.69 Å². The van der Waals surface area contributed by atoms with Gasteiger partial charge < -0.3 is 9.80 Å². The number of benzene rings is 1. The molecule has 0 fully saturated rings. The van der Waals surface area contributed by atoms with E-state index < -0.39 is 4.92 Å². The lowest BCUT2D eigenvalue weighted by Gasteiger charge is -2.09. The highest BCUT2D eigenvalue weighted by atomic mass is 32.9. The molecule has 0 amide bonds. The lowest BCUT2D eigenvalue weighted by molar-refractivity contribution is -0.384. The van der Waals surface area contributed by atoms with Crippen LogP contribution < -0.4 is 9.60 Å². The maximum absolute atomic E-state index is 10.9. The van der Waals surface area contributed by atoms with E-state index >= 15 is 0 Å². The van der Waals surface area contributed by atoms with Crippen LogP contribution in [0.2, 0.25) is 0 Å². The predicted molar refractivity (Wildman–Crippen MR) is 112 cm³/mol. The van der Waals surface area contributed by atoms with Crippen LogP contribution in [0.4, 0.5) is 5.69 Å². The minimum absolute atomic E-state index is 0.0119. The van der Waals surface area contributed by atoms with E-state index in [4.69, 9.17) is 24.4 Å². The van der Waals surface area contributed by atoms with Gasteiger partial charge in [-0.25, -0.2) is 0 Å². The first kappa shape index (κ1) is 20.3. The van der Waals surface area contributed by atoms with Crippen molar-refractivity contribution in [3.05, 3.63) is 44.0 Å². The minimum Gasteiger partial charge on any atom is -0.353 e. The molecule has 0 spiro atoms. The Labute approximate surface area is 167 Å². The number of aromatic nitrogens is 1. The summed E-state index contributed by atoms with van der Waals surface area (Å²) in [4.78, 5) is 24.1. The molecule has 1 aromatic heterocycles. The fraction of sp³-hybridized carbons (Fsp3) is 0.286. The predicted octanol–water partition coefficient (Wildman–Crippen LogP) is 2.00. The van der Waals surface area contributed by atoms with E-state index in [1.165, 1.54) is 32.8 Å². The van der Waals surface area contributed by atoms with Gasteiger partial charge in [0, 0.05) is 40.3 Å². The second kappa shape index (κ2) is 8.58. The monoisotopic (exact) mass is 428 g/mol. The Hall–Kier alpha value is -2.02. The van der Waals surface area contributed by atoms with Gasteiger partial charge in [-0.1, -0.05) is 0 Å². The van der Waals surface area contributed by atoms with E-state index in [0.29, 0.717) is 25.5 Å². The fourth-order valence-electron chi connectivity index (χ4n) is 1.68. The van der Waals surface area contributed by atoms with E-state index in [-0.39, 0.29) is 5.69 Å². The average molecular weight is 429 g/mol. The minimum atomic E-state index is -0.441. The van der Waals surface area contributed by atoms with Crippen LogP contribution in [0.15, 0.2) is 34.3 Å². The number of hydrogen-bond donors (Lipinski definition) is 0. The molecule has 8 nitrogen and oxygen atoms in total. The molecule has 138 valence electrons. The van der Waals surface area contributed by atoms with E-state index in [1.54, 1.807) is 26.5 Å². The molecule has 0 unspecified atom stereocenters. The molecule has 1 heterocycles. The van der Waals surface area contributed by atoms with Crippen LogP contribution in [0.1, 0.15) is 0 Å². The number of rotatable bonds is 2. The fourth-order valence-corrected chi connectivity index (χ4v) is 4.07. The van der Waals surface area contributed by atoms with Crippen molar-refractivity contribution in [2.24, 2.45) is 9.98 Å². The van der Waals surface area contributed by atoms with Gasteiger partial charge in [-0.3, -0.25) is 14.7 Å². The zero-order valence-electron chi connectivity index (χ0n) is 14.4. The quantitative estimate of drug-likeness (QED) is 0.315. The van der Waals surface area contributed by atoms with Gasteiger partial charge in [-0.15, -0.1) is 0 Å². The summed E-state index contributed by atoms with van der Waals surface area (Å²) in [5.74, 6) is 0. The molecule has 12 heteroatoms. The van der Waals surface area contributed by atoms with Crippen molar-refractivity contribution >= 4 is 61.0 Å². The molecule has 0 atom stereocenters. The zero-order valence-corrected chi connectivity index (χ0v) is 17.7. The van der Waals surface area contributed by atoms with Gasteiger partial charge in [-0.2, -0.15) is 9.98 Å². The van der Waals surface area contributed by atoms with Crippen molar-refractivity contribution in [2.45, 2.75) is 0 Å². The highest BCUT2D eigenvalue weighted by Crippen LogP contribution is 2.14. The second-order valence-electron chi connectivity index (χ2n) is 5.42. The number of non-ortho nitro benzene ring substituents is 1. The van der Waals surface area contributed by atoms with Gasteiger partial charge in [0.1, 0.15) is 0 Å². The standard InChI is InChI=1S/C14H16N6O2S4/c1-17(2)11(23)15-13-19(9-5-7-10(8-6-9)20(21)22)14(26-25-13)16-12(24)18(3)4/h5-8H,1-4H3/b15-13-,16-14+. The molecule has 26 heavy (non-hydrogen) atoms. The molecular formula is C14H16N6O2S4. The van der Waals surface area contributed by atoms with E-state index in [0.717, 1.165) is 0 Å². The third kappa shape index (κ3) is 4.78. The van der Waals surface area contributed by atoms with Crippen LogP contribution in [0.3, 0.4) is 0 Å². The zero-order chi connectivity index (χ0) is 19.4. The summed E-state index contributed by atoms with van der Waals surface area (Å²) >= 11 is 10.5. The van der Waals surface area contributed by atoms with Gasteiger partial charge in [0.15, 0.2) is 10.2 Å². The molecule has 1 aromatic carbocycles. The first-order chi connectivity index (χ1) is 12.2. The van der Waals surface area contributed by atoms with E-state index in [1.807, 2.05) is 28.2 Å². The van der Waals surface area contributed by atoms with Gasteiger partial charge in [0.2, 0.25) is 9.60 Å². The Balaban J connectivity index is 2.70. The average Bonchev–Trinajstić information content (AvgIpc) is 2.96. The maximum Gasteiger partial charge on any atom is 0.269 e. The van der Waals surface area contributed by atoms with Crippen LogP contribution >= 0.6 is 45.1 Å². The normalized spacial score (nSPS) is 12.2. The topological polar surface area (TPSA) is 79.3 Å². The highest BCUT2D eigenvalue weighted by molar-refractivity contribution is 7.80. The first-order valence-electron chi connectivity index (χ1n) is 7.19. The summed E-state index contributed by atoms with van der Waals surface area (Å²) in [5.41, 5.74) is 0.701. The molecule has 0 saturated heterocycles. The SMILES string of the molecule is CN(C)C(=S)/N=c1\ss/c(=N/C(=S)N(C)C)n1-c1ccc([N+](=O)[O-])cc1. The number of hydrogen-bond acceptors (Lipinski definition) is 6. The van der Waals surface area contributed by atoms with Crippen LogP contribution in [0.25, 0.3) is 5.69 Å². The summed E-state index contributed by atoms with van der Waals surface area (Å²) in [5, 5.41) is 11.7. The molecule has 0 aliphatic rings. The maximum atomic E-state index is 10.9. The Morgan fingerprint density at radius 2 is 1.42 bits per heavy atom. The van der Waals surface area contributed by atoms with Crippen molar-refractivity contribution in [2.75, 3.05) is 28.2 Å².